The van der Waals surface area contributed by atoms with Crippen LogP contribution < -0.4 is 11.1 Å². The molecule has 0 radical (unpaired) electrons. The number of halogens is 2. The zero-order valence-electron chi connectivity index (χ0n) is 10.4. The second-order valence-electron chi connectivity index (χ2n) is 4.73. The summed E-state index contributed by atoms with van der Waals surface area (Å²) in [6.45, 7) is 0. The van der Waals surface area contributed by atoms with Crippen LogP contribution in [0.1, 0.15) is 19.3 Å². The summed E-state index contributed by atoms with van der Waals surface area (Å²) in [6, 6.07) is 0.735. The third-order valence-corrected chi connectivity index (χ3v) is 3.40. The first-order chi connectivity index (χ1) is 9.40. The molecule has 2 atom stereocenters. The van der Waals surface area contributed by atoms with Gasteiger partial charge in [-0.3, -0.25) is 14.9 Å². The molecular formula is C12H13F2N3O3. The number of nitrogens with zero attached hydrogens (tertiary/aromatic N) is 1. The van der Waals surface area contributed by atoms with E-state index in [0.717, 1.165) is 6.42 Å². The van der Waals surface area contributed by atoms with Crippen LogP contribution in [-0.4, -0.2) is 16.9 Å². The molecule has 1 aliphatic carbocycles. The Kier molecular flexibility index (Phi) is 3.93. The van der Waals surface area contributed by atoms with Gasteiger partial charge in [0.15, 0.2) is 0 Å². The molecular weight excluding hydrogens is 272 g/mol. The van der Waals surface area contributed by atoms with Crippen molar-refractivity contribution < 1.29 is 18.5 Å². The van der Waals surface area contributed by atoms with Crippen molar-refractivity contribution in [1.29, 1.82) is 0 Å². The van der Waals surface area contributed by atoms with Crippen molar-refractivity contribution in [2.45, 2.75) is 25.3 Å². The largest absolute Gasteiger partial charge is 0.327 e. The summed E-state index contributed by atoms with van der Waals surface area (Å²) in [5.41, 5.74) is 4.45. The van der Waals surface area contributed by atoms with Gasteiger partial charge in [0.1, 0.15) is 5.82 Å². The zero-order valence-corrected chi connectivity index (χ0v) is 10.4. The van der Waals surface area contributed by atoms with Crippen LogP contribution in [0, 0.1) is 27.7 Å². The highest BCUT2D eigenvalue weighted by atomic mass is 19.1. The average molecular weight is 285 g/mol. The highest BCUT2D eigenvalue weighted by Crippen LogP contribution is 2.28. The van der Waals surface area contributed by atoms with Gasteiger partial charge in [-0.05, 0) is 12.8 Å². The predicted octanol–water partition coefficient (Wildman–Crippen LogP) is 1.94. The Hall–Kier alpha value is -2.09. The Labute approximate surface area is 113 Å². The van der Waals surface area contributed by atoms with Crippen LogP contribution >= 0.6 is 0 Å². The fourth-order valence-corrected chi connectivity index (χ4v) is 2.31. The average Bonchev–Trinajstić information content (AvgIpc) is 2.78. The maximum Gasteiger partial charge on any atom is 0.307 e. The van der Waals surface area contributed by atoms with E-state index < -0.39 is 39.8 Å². The van der Waals surface area contributed by atoms with Crippen molar-refractivity contribution in [3.8, 4) is 0 Å². The summed E-state index contributed by atoms with van der Waals surface area (Å²) in [7, 11) is 0. The standard InChI is InChI=1S/C12H13F2N3O3/c13-7-4-8(14)11(17(19)20)5-10(7)16-12(18)6-2-1-3-9(6)15/h4-6,9H,1-3,15H2,(H,16,18). The molecule has 3 N–H and O–H groups in total. The minimum Gasteiger partial charge on any atom is -0.327 e. The number of rotatable bonds is 3. The second kappa shape index (κ2) is 5.49. The quantitative estimate of drug-likeness (QED) is 0.655. The minimum atomic E-state index is -1.29. The van der Waals surface area contributed by atoms with Crippen molar-refractivity contribution in [1.82, 2.24) is 0 Å². The molecule has 0 aromatic heterocycles. The van der Waals surface area contributed by atoms with Crippen LogP contribution in [0.5, 0.6) is 0 Å². The summed E-state index contributed by atoms with van der Waals surface area (Å²) in [5, 5.41) is 12.8. The Balaban J connectivity index is 2.22. The van der Waals surface area contributed by atoms with E-state index in [-0.39, 0.29) is 6.04 Å². The van der Waals surface area contributed by atoms with E-state index in [0.29, 0.717) is 25.0 Å². The van der Waals surface area contributed by atoms with Crippen molar-refractivity contribution in [3.63, 3.8) is 0 Å². The van der Waals surface area contributed by atoms with Gasteiger partial charge in [0.2, 0.25) is 11.7 Å². The maximum absolute atomic E-state index is 13.5. The molecule has 108 valence electrons. The number of amides is 1. The van der Waals surface area contributed by atoms with Gasteiger partial charge in [-0.1, -0.05) is 6.42 Å². The lowest BCUT2D eigenvalue weighted by Gasteiger charge is -2.15. The lowest BCUT2D eigenvalue weighted by atomic mass is 10.0. The van der Waals surface area contributed by atoms with Gasteiger partial charge in [-0.25, -0.2) is 4.39 Å². The normalized spacial score (nSPS) is 21.8. The van der Waals surface area contributed by atoms with E-state index in [1.807, 2.05) is 0 Å². The lowest BCUT2D eigenvalue weighted by Crippen LogP contribution is -2.34. The number of benzene rings is 1. The van der Waals surface area contributed by atoms with E-state index in [4.69, 9.17) is 5.73 Å². The molecule has 1 fully saturated rings. The number of hydrogen-bond donors (Lipinski definition) is 2. The maximum atomic E-state index is 13.5. The minimum absolute atomic E-state index is 0.312. The number of nitrogens with two attached hydrogens (primary N) is 1. The van der Waals surface area contributed by atoms with Crippen LogP contribution in [-0.2, 0) is 4.79 Å². The summed E-state index contributed by atoms with van der Waals surface area (Å²) in [6.07, 6.45) is 2.08. The van der Waals surface area contributed by atoms with Crippen molar-refractivity contribution in [2.24, 2.45) is 11.7 Å². The predicted molar refractivity (Wildman–Crippen MR) is 67.0 cm³/mol. The van der Waals surface area contributed by atoms with E-state index in [1.165, 1.54) is 0 Å². The molecule has 1 amide bonds. The van der Waals surface area contributed by atoms with Crippen LogP contribution in [0.15, 0.2) is 12.1 Å². The second-order valence-corrected chi connectivity index (χ2v) is 4.73. The van der Waals surface area contributed by atoms with Crippen LogP contribution in [0.3, 0.4) is 0 Å². The van der Waals surface area contributed by atoms with Crippen molar-refractivity contribution >= 4 is 17.3 Å². The van der Waals surface area contributed by atoms with Gasteiger partial charge < -0.3 is 11.1 Å². The monoisotopic (exact) mass is 285 g/mol. The number of nitro benzene ring substituents is 1. The molecule has 0 spiro atoms. The third kappa shape index (κ3) is 2.74. The van der Waals surface area contributed by atoms with Gasteiger partial charge in [0, 0.05) is 18.2 Å². The highest BCUT2D eigenvalue weighted by molar-refractivity contribution is 5.93. The van der Waals surface area contributed by atoms with E-state index in [1.54, 1.807) is 0 Å². The number of carbonyl (C=O) groups excluding carboxylic acids is 1. The lowest BCUT2D eigenvalue weighted by molar-refractivity contribution is -0.387. The van der Waals surface area contributed by atoms with Gasteiger partial charge in [-0.15, -0.1) is 0 Å². The first-order valence-electron chi connectivity index (χ1n) is 6.10. The number of carbonyl (C=O) groups is 1. The summed E-state index contributed by atoms with van der Waals surface area (Å²) in [4.78, 5) is 21.5. The van der Waals surface area contributed by atoms with Gasteiger partial charge in [-0.2, -0.15) is 4.39 Å². The van der Waals surface area contributed by atoms with E-state index in [9.17, 15) is 23.7 Å². The first kappa shape index (κ1) is 14.3. The first-order valence-corrected chi connectivity index (χ1v) is 6.10. The Morgan fingerprint density at radius 1 is 1.35 bits per heavy atom. The topological polar surface area (TPSA) is 98.3 Å². The molecule has 1 aromatic rings. The third-order valence-electron chi connectivity index (χ3n) is 3.40. The van der Waals surface area contributed by atoms with Gasteiger partial charge in [0.05, 0.1) is 16.5 Å². The fourth-order valence-electron chi connectivity index (χ4n) is 2.31. The molecule has 2 rings (SSSR count). The van der Waals surface area contributed by atoms with Crippen molar-refractivity contribution in [2.75, 3.05) is 5.32 Å². The number of nitro groups is 1. The molecule has 20 heavy (non-hydrogen) atoms. The smallest absolute Gasteiger partial charge is 0.307 e. The van der Waals surface area contributed by atoms with Crippen molar-refractivity contribution in [3.05, 3.63) is 33.9 Å². The molecule has 0 saturated heterocycles. The summed E-state index contributed by atoms with van der Waals surface area (Å²) < 4.78 is 26.7. The number of hydrogen-bond acceptors (Lipinski definition) is 4. The molecule has 8 heteroatoms. The van der Waals surface area contributed by atoms with Crippen LogP contribution in [0.25, 0.3) is 0 Å². The molecule has 1 aliphatic rings. The zero-order chi connectivity index (χ0) is 14.9. The number of anilines is 1. The molecule has 0 aliphatic heterocycles. The Morgan fingerprint density at radius 2 is 2.05 bits per heavy atom. The molecule has 2 unspecified atom stereocenters. The fraction of sp³-hybridized carbons (Fsp3) is 0.417. The summed E-state index contributed by atoms with van der Waals surface area (Å²) >= 11 is 0. The molecule has 1 aromatic carbocycles. The summed E-state index contributed by atoms with van der Waals surface area (Å²) in [5.74, 6) is -3.32. The SMILES string of the molecule is NC1CCCC1C(=O)Nc1cc([N+](=O)[O-])c(F)cc1F. The van der Waals surface area contributed by atoms with E-state index in [2.05, 4.69) is 5.32 Å². The molecule has 0 bridgehead atoms. The Morgan fingerprint density at radius 3 is 2.60 bits per heavy atom. The highest BCUT2D eigenvalue weighted by Gasteiger charge is 2.31. The molecule has 6 nitrogen and oxygen atoms in total. The van der Waals surface area contributed by atoms with Gasteiger partial charge >= 0.3 is 5.69 Å². The van der Waals surface area contributed by atoms with Gasteiger partial charge in [0.25, 0.3) is 0 Å². The van der Waals surface area contributed by atoms with Crippen LogP contribution in [0.2, 0.25) is 0 Å². The number of nitrogens with one attached hydrogen (secondary N) is 1. The molecule has 0 heterocycles. The van der Waals surface area contributed by atoms with E-state index >= 15 is 0 Å². The molecule has 1 saturated carbocycles. The van der Waals surface area contributed by atoms with Crippen LogP contribution in [0.4, 0.5) is 20.2 Å². The Bertz CT molecular complexity index is 565.